The molecule has 0 radical (unpaired) electrons. The van der Waals surface area contributed by atoms with Crippen LogP contribution in [-0.4, -0.2) is 5.94 Å². The number of carbonyl (C=O) groups excluding carboxylic acids is 1. The molecule has 0 saturated heterocycles. The van der Waals surface area contributed by atoms with Crippen molar-refractivity contribution in [2.45, 2.75) is 26.2 Å². The Bertz CT molecular complexity index is 197. The highest BCUT2D eigenvalue weighted by atomic mass is 16.1. The summed E-state index contributed by atoms with van der Waals surface area (Å²) in [6.07, 6.45) is 6.37. The highest BCUT2D eigenvalue weighted by molar-refractivity contribution is 5.53. The van der Waals surface area contributed by atoms with Crippen molar-refractivity contribution < 1.29 is 4.79 Å². The molecule has 0 bridgehead atoms. The first kappa shape index (κ1) is 10.9. The van der Waals surface area contributed by atoms with Gasteiger partial charge in [-0.15, -0.1) is 13.2 Å². The molecule has 0 heterocycles. The van der Waals surface area contributed by atoms with Gasteiger partial charge in [0, 0.05) is 11.5 Å². The third-order valence-corrected chi connectivity index (χ3v) is 1.89. The fourth-order valence-corrected chi connectivity index (χ4v) is 0.951. The van der Waals surface area contributed by atoms with Crippen LogP contribution in [0.25, 0.3) is 0 Å². The Balaban J connectivity index is 3.93. The van der Waals surface area contributed by atoms with Gasteiger partial charge in [-0.2, -0.15) is 0 Å². The van der Waals surface area contributed by atoms with E-state index in [0.717, 1.165) is 24.8 Å². The smallest absolute Gasteiger partial charge is 0.124 e. The number of hydrogen-bond donors (Lipinski definition) is 0. The van der Waals surface area contributed by atoms with E-state index in [1.54, 1.807) is 6.08 Å². The minimum absolute atomic E-state index is 0.160. The summed E-state index contributed by atoms with van der Waals surface area (Å²) in [6, 6.07) is 0. The molecule has 0 amide bonds. The molecule has 0 aromatic rings. The predicted molar refractivity (Wildman–Crippen MR) is 52.6 cm³/mol. The molecular formula is C11H16O. The third kappa shape index (κ3) is 3.95. The van der Waals surface area contributed by atoms with Crippen LogP contribution in [0, 0.1) is 5.92 Å². The van der Waals surface area contributed by atoms with Crippen LogP contribution < -0.4 is 0 Å². The quantitative estimate of drug-likeness (QED) is 0.335. The molecule has 1 unspecified atom stereocenters. The van der Waals surface area contributed by atoms with E-state index in [1.807, 2.05) is 18.9 Å². The molecule has 0 rings (SSSR count). The van der Waals surface area contributed by atoms with Crippen LogP contribution in [0.15, 0.2) is 30.9 Å². The molecule has 1 heteroatoms. The standard InChI is InChI=1S/C11H16O/c1-4-6-7-8-11(9-12)10(3)5-2/h4-5,10H,1-2,6-8H2,3H3. The molecule has 1 nitrogen and oxygen atoms in total. The van der Waals surface area contributed by atoms with Gasteiger partial charge >= 0.3 is 0 Å². The van der Waals surface area contributed by atoms with Gasteiger partial charge in [-0.3, -0.25) is 0 Å². The Morgan fingerprint density at radius 3 is 2.67 bits per heavy atom. The maximum Gasteiger partial charge on any atom is 0.124 e. The van der Waals surface area contributed by atoms with Crippen LogP contribution in [0.3, 0.4) is 0 Å². The lowest BCUT2D eigenvalue weighted by molar-refractivity contribution is 0.561. The Morgan fingerprint density at radius 1 is 1.58 bits per heavy atom. The van der Waals surface area contributed by atoms with Crippen LogP contribution in [0.5, 0.6) is 0 Å². The zero-order chi connectivity index (χ0) is 9.40. The van der Waals surface area contributed by atoms with Crippen molar-refractivity contribution in [3.63, 3.8) is 0 Å². The lowest BCUT2D eigenvalue weighted by Gasteiger charge is -2.05. The molecule has 0 aromatic carbocycles. The van der Waals surface area contributed by atoms with Crippen LogP contribution >= 0.6 is 0 Å². The summed E-state index contributed by atoms with van der Waals surface area (Å²) in [6.45, 7) is 9.22. The second kappa shape index (κ2) is 6.63. The van der Waals surface area contributed by atoms with Crippen LogP contribution in [0.4, 0.5) is 0 Å². The topological polar surface area (TPSA) is 17.1 Å². The van der Waals surface area contributed by atoms with Crippen LogP contribution in [0.2, 0.25) is 0 Å². The molecule has 12 heavy (non-hydrogen) atoms. The average Bonchev–Trinajstić information content (AvgIpc) is 2.11. The minimum Gasteiger partial charge on any atom is -0.234 e. The van der Waals surface area contributed by atoms with Gasteiger partial charge in [-0.05, 0) is 19.3 Å². The van der Waals surface area contributed by atoms with Crippen molar-refractivity contribution in [1.29, 1.82) is 0 Å². The van der Waals surface area contributed by atoms with E-state index in [9.17, 15) is 4.79 Å². The summed E-state index contributed by atoms with van der Waals surface area (Å²) in [7, 11) is 0. The summed E-state index contributed by atoms with van der Waals surface area (Å²) in [4.78, 5) is 10.5. The van der Waals surface area contributed by atoms with Gasteiger partial charge in [-0.1, -0.05) is 19.1 Å². The van der Waals surface area contributed by atoms with Gasteiger partial charge in [0.05, 0.1) is 0 Å². The van der Waals surface area contributed by atoms with Gasteiger partial charge in [0.2, 0.25) is 0 Å². The largest absolute Gasteiger partial charge is 0.234 e. The molecular weight excluding hydrogens is 148 g/mol. The average molecular weight is 164 g/mol. The number of rotatable bonds is 6. The Morgan fingerprint density at radius 2 is 2.25 bits per heavy atom. The lowest BCUT2D eigenvalue weighted by Crippen LogP contribution is -1.96. The zero-order valence-corrected chi connectivity index (χ0v) is 7.68. The van der Waals surface area contributed by atoms with Crippen molar-refractivity contribution in [3.8, 4) is 0 Å². The molecule has 66 valence electrons. The van der Waals surface area contributed by atoms with Gasteiger partial charge in [-0.25, -0.2) is 4.79 Å². The Kier molecular flexibility index (Phi) is 6.04. The normalized spacial score (nSPS) is 11.4. The summed E-state index contributed by atoms with van der Waals surface area (Å²) >= 11 is 0. The van der Waals surface area contributed by atoms with Crippen LogP contribution in [0.1, 0.15) is 26.2 Å². The zero-order valence-electron chi connectivity index (χ0n) is 7.68. The fourth-order valence-electron chi connectivity index (χ4n) is 0.951. The van der Waals surface area contributed by atoms with E-state index < -0.39 is 0 Å². The van der Waals surface area contributed by atoms with E-state index in [2.05, 4.69) is 13.2 Å². The van der Waals surface area contributed by atoms with Crippen molar-refractivity contribution >= 4 is 5.94 Å². The summed E-state index contributed by atoms with van der Waals surface area (Å²) in [5.74, 6) is 2.13. The van der Waals surface area contributed by atoms with Crippen LogP contribution in [-0.2, 0) is 4.79 Å². The van der Waals surface area contributed by atoms with Crippen molar-refractivity contribution in [2.24, 2.45) is 5.92 Å². The van der Waals surface area contributed by atoms with Crippen molar-refractivity contribution in [2.75, 3.05) is 0 Å². The molecule has 0 spiro atoms. The molecule has 1 atom stereocenters. The summed E-state index contributed by atoms with van der Waals surface area (Å²) < 4.78 is 0. The lowest BCUT2D eigenvalue weighted by atomic mass is 9.98. The van der Waals surface area contributed by atoms with Gasteiger partial charge in [0.15, 0.2) is 0 Å². The monoisotopic (exact) mass is 164 g/mol. The van der Waals surface area contributed by atoms with Crippen molar-refractivity contribution in [1.82, 2.24) is 0 Å². The van der Waals surface area contributed by atoms with E-state index in [1.165, 1.54) is 0 Å². The van der Waals surface area contributed by atoms with Gasteiger partial charge in [0.25, 0.3) is 0 Å². The van der Waals surface area contributed by atoms with E-state index in [0.29, 0.717) is 0 Å². The maximum atomic E-state index is 10.5. The number of hydrogen-bond acceptors (Lipinski definition) is 1. The summed E-state index contributed by atoms with van der Waals surface area (Å²) in [5, 5.41) is 0. The van der Waals surface area contributed by atoms with E-state index in [4.69, 9.17) is 0 Å². The first-order valence-corrected chi connectivity index (χ1v) is 4.23. The SMILES string of the molecule is C=CCCCC(=C=O)C(C)C=C. The van der Waals surface area contributed by atoms with Gasteiger partial charge in [0.1, 0.15) is 5.94 Å². The minimum atomic E-state index is 0.160. The maximum absolute atomic E-state index is 10.5. The van der Waals surface area contributed by atoms with Crippen molar-refractivity contribution in [3.05, 3.63) is 30.9 Å². The highest BCUT2D eigenvalue weighted by Gasteiger charge is 2.04. The molecule has 0 saturated carbocycles. The molecule has 0 aromatic heterocycles. The second-order valence-corrected chi connectivity index (χ2v) is 2.83. The first-order chi connectivity index (χ1) is 5.76. The number of unbranched alkanes of at least 4 members (excludes halogenated alkanes) is 1. The fraction of sp³-hybridized carbons (Fsp3) is 0.455. The molecule has 0 aliphatic heterocycles. The molecule has 0 N–H and O–H groups in total. The third-order valence-electron chi connectivity index (χ3n) is 1.89. The number of allylic oxidation sites excluding steroid dienone is 3. The van der Waals surface area contributed by atoms with E-state index >= 15 is 0 Å². The van der Waals surface area contributed by atoms with Gasteiger partial charge < -0.3 is 0 Å². The Hall–Kier alpha value is -1.07. The second-order valence-electron chi connectivity index (χ2n) is 2.83. The molecule has 0 fully saturated rings. The predicted octanol–water partition coefficient (Wildman–Crippen LogP) is 2.92. The molecule has 0 aliphatic rings. The van der Waals surface area contributed by atoms with E-state index in [-0.39, 0.29) is 5.92 Å². The molecule has 0 aliphatic carbocycles. The highest BCUT2D eigenvalue weighted by Crippen LogP contribution is 2.15. The Labute approximate surface area is 74.5 Å². The first-order valence-electron chi connectivity index (χ1n) is 4.23. The summed E-state index contributed by atoms with van der Waals surface area (Å²) in [5.41, 5.74) is 0.812.